The van der Waals surface area contributed by atoms with Crippen molar-refractivity contribution in [3.63, 3.8) is 0 Å². The van der Waals surface area contributed by atoms with Gasteiger partial charge in [-0.3, -0.25) is 10.1 Å². The molecule has 0 unspecified atom stereocenters. The Kier molecular flexibility index (Phi) is 3.93. The highest BCUT2D eigenvalue weighted by molar-refractivity contribution is 7.14. The Hall–Kier alpha value is -3.19. The van der Waals surface area contributed by atoms with Crippen molar-refractivity contribution in [1.82, 2.24) is 4.98 Å². The van der Waals surface area contributed by atoms with Gasteiger partial charge in [0.1, 0.15) is 22.7 Å². The first-order valence-electron chi connectivity index (χ1n) is 7.88. The van der Waals surface area contributed by atoms with E-state index in [2.05, 4.69) is 10.3 Å². The minimum absolute atomic E-state index is 0.0595. The second-order valence-electron chi connectivity index (χ2n) is 5.80. The number of anilines is 1. The highest BCUT2D eigenvalue weighted by Gasteiger charge is 2.17. The average Bonchev–Trinajstić information content (AvgIpc) is 3.19. The van der Waals surface area contributed by atoms with Crippen LogP contribution in [0.25, 0.3) is 22.2 Å². The van der Waals surface area contributed by atoms with Crippen molar-refractivity contribution in [1.29, 1.82) is 0 Å². The predicted molar refractivity (Wildman–Crippen MR) is 99.7 cm³/mol. The number of benzene rings is 1. The monoisotopic (exact) mass is 366 g/mol. The van der Waals surface area contributed by atoms with Gasteiger partial charge >= 0.3 is 5.63 Å². The molecular formula is C19H14N2O4S. The Labute approximate surface area is 152 Å². The summed E-state index contributed by atoms with van der Waals surface area (Å²) in [5.41, 5.74) is 1.29. The Balaban J connectivity index is 1.62. The first-order chi connectivity index (χ1) is 12.5. The highest BCUT2D eigenvalue weighted by Crippen LogP contribution is 2.29. The number of fused-ring (bicyclic) bond motifs is 1. The molecule has 3 aromatic heterocycles. The molecule has 0 saturated heterocycles. The number of nitrogens with zero attached hydrogens (tertiary/aromatic N) is 1. The van der Waals surface area contributed by atoms with Crippen LogP contribution in [0.5, 0.6) is 0 Å². The number of carbonyl (C=O) groups is 1. The van der Waals surface area contributed by atoms with Crippen molar-refractivity contribution in [2.24, 2.45) is 0 Å². The third kappa shape index (κ3) is 2.93. The summed E-state index contributed by atoms with van der Waals surface area (Å²) < 4.78 is 10.7. The minimum atomic E-state index is -0.681. The molecule has 0 spiro atoms. The lowest BCUT2D eigenvalue weighted by atomic mass is 10.2. The van der Waals surface area contributed by atoms with Crippen LogP contribution in [0.1, 0.15) is 21.9 Å². The SMILES string of the molecule is Cc1cc(-c2csc(NC(=O)c3cc4ccccc4oc3=O)n2)c(C)o1. The van der Waals surface area contributed by atoms with Gasteiger partial charge in [-0.1, -0.05) is 18.2 Å². The lowest BCUT2D eigenvalue weighted by Gasteiger charge is -2.02. The smallest absolute Gasteiger partial charge is 0.349 e. The number of nitrogens with one attached hydrogen (secondary N) is 1. The summed E-state index contributed by atoms with van der Waals surface area (Å²) >= 11 is 1.28. The minimum Gasteiger partial charge on any atom is -0.466 e. The van der Waals surface area contributed by atoms with E-state index in [1.165, 1.54) is 17.4 Å². The molecule has 4 aromatic rings. The molecule has 26 heavy (non-hydrogen) atoms. The maximum absolute atomic E-state index is 12.5. The molecule has 1 N–H and O–H groups in total. The second-order valence-corrected chi connectivity index (χ2v) is 6.66. The summed E-state index contributed by atoms with van der Waals surface area (Å²) in [5, 5.41) is 5.57. The molecule has 0 saturated carbocycles. The van der Waals surface area contributed by atoms with E-state index < -0.39 is 11.5 Å². The van der Waals surface area contributed by atoms with Crippen LogP contribution < -0.4 is 10.9 Å². The van der Waals surface area contributed by atoms with Gasteiger partial charge in [0.15, 0.2) is 5.13 Å². The fourth-order valence-corrected chi connectivity index (χ4v) is 3.43. The van der Waals surface area contributed by atoms with E-state index >= 15 is 0 Å². The van der Waals surface area contributed by atoms with E-state index in [0.717, 1.165) is 17.1 Å². The second kappa shape index (κ2) is 6.27. The molecule has 130 valence electrons. The first-order valence-corrected chi connectivity index (χ1v) is 8.76. The number of rotatable bonds is 3. The fourth-order valence-electron chi connectivity index (χ4n) is 2.72. The molecule has 0 aliphatic carbocycles. The van der Waals surface area contributed by atoms with E-state index in [0.29, 0.717) is 21.8 Å². The number of thiazole rings is 1. The molecule has 0 fully saturated rings. The van der Waals surface area contributed by atoms with Crippen LogP contribution >= 0.6 is 11.3 Å². The molecule has 0 aliphatic heterocycles. The van der Waals surface area contributed by atoms with Crippen molar-refractivity contribution < 1.29 is 13.6 Å². The van der Waals surface area contributed by atoms with Gasteiger partial charge in [-0.25, -0.2) is 9.78 Å². The largest absolute Gasteiger partial charge is 0.466 e. The average molecular weight is 366 g/mol. The molecule has 3 heterocycles. The summed E-state index contributed by atoms with van der Waals surface area (Å²) in [6.07, 6.45) is 0. The zero-order valence-corrected chi connectivity index (χ0v) is 14.8. The molecule has 0 bridgehead atoms. The zero-order valence-electron chi connectivity index (χ0n) is 14.0. The summed E-state index contributed by atoms with van der Waals surface area (Å²) in [4.78, 5) is 29.0. The van der Waals surface area contributed by atoms with Crippen molar-refractivity contribution in [2.75, 3.05) is 5.32 Å². The predicted octanol–water partition coefficient (Wildman–Crippen LogP) is 4.38. The normalized spacial score (nSPS) is 11.0. The van der Waals surface area contributed by atoms with Gasteiger partial charge < -0.3 is 8.83 Å². The zero-order chi connectivity index (χ0) is 18.3. The summed E-state index contributed by atoms with van der Waals surface area (Å²) in [7, 11) is 0. The molecule has 6 nitrogen and oxygen atoms in total. The molecular weight excluding hydrogens is 352 g/mol. The van der Waals surface area contributed by atoms with Gasteiger partial charge in [-0.05, 0) is 32.0 Å². The first kappa shape index (κ1) is 16.3. The van der Waals surface area contributed by atoms with Gasteiger partial charge in [0.05, 0.1) is 5.69 Å². The van der Waals surface area contributed by atoms with E-state index in [1.54, 1.807) is 18.2 Å². The van der Waals surface area contributed by atoms with E-state index in [4.69, 9.17) is 8.83 Å². The number of carbonyl (C=O) groups excluding carboxylic acids is 1. The van der Waals surface area contributed by atoms with Crippen molar-refractivity contribution in [2.45, 2.75) is 13.8 Å². The highest BCUT2D eigenvalue weighted by atomic mass is 32.1. The number of hydrogen-bond donors (Lipinski definition) is 1. The van der Waals surface area contributed by atoms with E-state index in [1.807, 2.05) is 31.4 Å². The van der Waals surface area contributed by atoms with Crippen LogP contribution in [-0.2, 0) is 0 Å². The number of aryl methyl sites for hydroxylation is 2. The Bertz CT molecular complexity index is 1190. The quantitative estimate of drug-likeness (QED) is 0.544. The van der Waals surface area contributed by atoms with Crippen molar-refractivity contribution >= 4 is 33.3 Å². The maximum atomic E-state index is 12.5. The number of furan rings is 1. The van der Waals surface area contributed by atoms with E-state index in [-0.39, 0.29) is 5.56 Å². The lowest BCUT2D eigenvalue weighted by Crippen LogP contribution is -2.20. The number of para-hydroxylation sites is 1. The molecule has 0 radical (unpaired) electrons. The molecule has 0 atom stereocenters. The third-order valence-corrected chi connectivity index (χ3v) is 4.69. The van der Waals surface area contributed by atoms with Crippen LogP contribution in [0.15, 0.2) is 55.4 Å². The number of aromatic nitrogens is 1. The van der Waals surface area contributed by atoms with E-state index in [9.17, 15) is 9.59 Å². The van der Waals surface area contributed by atoms with Gasteiger partial charge in [0, 0.05) is 16.3 Å². The van der Waals surface area contributed by atoms with Gasteiger partial charge in [0.25, 0.3) is 5.91 Å². The molecule has 1 amide bonds. The number of hydrogen-bond acceptors (Lipinski definition) is 6. The van der Waals surface area contributed by atoms with Gasteiger partial charge in [-0.2, -0.15) is 0 Å². The maximum Gasteiger partial charge on any atom is 0.349 e. The van der Waals surface area contributed by atoms with Crippen LogP contribution in [0, 0.1) is 13.8 Å². The van der Waals surface area contributed by atoms with Crippen LogP contribution in [0.3, 0.4) is 0 Å². The summed E-state index contributed by atoms with van der Waals surface area (Å²) in [5.74, 6) is 1.01. The third-order valence-electron chi connectivity index (χ3n) is 3.93. The Morgan fingerprint density at radius 3 is 2.73 bits per heavy atom. The van der Waals surface area contributed by atoms with Crippen LogP contribution in [0.2, 0.25) is 0 Å². The Morgan fingerprint density at radius 1 is 1.15 bits per heavy atom. The standard InChI is InChI=1S/C19H14N2O4S/c1-10-7-13(11(2)24-10)15-9-26-19(20-15)21-17(22)14-8-12-5-3-4-6-16(12)25-18(14)23/h3-9H,1-2H3,(H,20,21,22). The topological polar surface area (TPSA) is 85.3 Å². The summed E-state index contributed by atoms with van der Waals surface area (Å²) in [6, 6.07) is 10.5. The molecule has 4 rings (SSSR count). The van der Waals surface area contributed by atoms with Crippen LogP contribution in [-0.4, -0.2) is 10.9 Å². The number of amides is 1. The summed E-state index contributed by atoms with van der Waals surface area (Å²) in [6.45, 7) is 3.73. The Morgan fingerprint density at radius 2 is 1.96 bits per heavy atom. The van der Waals surface area contributed by atoms with Crippen molar-refractivity contribution in [3.05, 3.63) is 69.3 Å². The fraction of sp³-hybridized carbons (Fsp3) is 0.105. The molecule has 1 aromatic carbocycles. The lowest BCUT2D eigenvalue weighted by molar-refractivity contribution is 0.102. The molecule has 7 heteroatoms. The van der Waals surface area contributed by atoms with Gasteiger partial charge in [-0.15, -0.1) is 11.3 Å². The molecule has 0 aliphatic rings. The van der Waals surface area contributed by atoms with Gasteiger partial charge in [0.2, 0.25) is 0 Å². The van der Waals surface area contributed by atoms with Crippen LogP contribution in [0.4, 0.5) is 5.13 Å². The van der Waals surface area contributed by atoms with Crippen molar-refractivity contribution in [3.8, 4) is 11.3 Å².